The van der Waals surface area contributed by atoms with E-state index in [2.05, 4.69) is 10.6 Å². The fourth-order valence-electron chi connectivity index (χ4n) is 3.20. The molecule has 0 bridgehead atoms. The number of hydrogen-bond acceptors (Lipinski definition) is 6. The van der Waals surface area contributed by atoms with Crippen LogP contribution in [0.2, 0.25) is 0 Å². The van der Waals surface area contributed by atoms with Crippen LogP contribution in [0.3, 0.4) is 0 Å². The molecule has 2 unspecified atom stereocenters. The van der Waals surface area contributed by atoms with E-state index in [9.17, 15) is 14.4 Å². The molecular weight excluding hydrogens is 400 g/mol. The Balaban J connectivity index is 2.04. The van der Waals surface area contributed by atoms with E-state index in [1.807, 2.05) is 42.5 Å². The third-order valence-corrected chi connectivity index (χ3v) is 4.88. The molecule has 0 saturated carbocycles. The zero-order chi connectivity index (χ0) is 22.3. The zero-order valence-corrected chi connectivity index (χ0v) is 17.8. The summed E-state index contributed by atoms with van der Waals surface area (Å²) in [5.74, 6) is -1.34. The predicted molar refractivity (Wildman–Crippen MR) is 115 cm³/mol. The largest absolute Gasteiger partial charge is 0.463 e. The fraction of sp³-hybridized carbons (Fsp3) is 0.522. The van der Waals surface area contributed by atoms with Crippen LogP contribution in [0.5, 0.6) is 0 Å². The summed E-state index contributed by atoms with van der Waals surface area (Å²) in [6, 6.07) is 8.84. The number of aliphatic hydroxyl groups is 1. The number of carbonyl (C=O) groups excluding carboxylic acids is 3. The minimum absolute atomic E-state index is 0.0392. The van der Waals surface area contributed by atoms with Gasteiger partial charge in [-0.3, -0.25) is 14.4 Å². The Labute approximate surface area is 183 Å². The molecule has 1 aromatic rings. The van der Waals surface area contributed by atoms with Crippen molar-refractivity contribution in [2.75, 3.05) is 33.0 Å². The molecule has 0 spiro atoms. The first-order valence-corrected chi connectivity index (χ1v) is 10.7. The third kappa shape index (κ3) is 9.76. The van der Waals surface area contributed by atoms with Crippen LogP contribution in [0.15, 0.2) is 42.5 Å². The molecule has 2 rings (SSSR count). The Kier molecular flexibility index (Phi) is 11.3. The van der Waals surface area contributed by atoms with Gasteiger partial charge in [0.05, 0.1) is 31.8 Å². The summed E-state index contributed by atoms with van der Waals surface area (Å²) in [5.41, 5.74) is 0.832. The number of cyclic esters (lactones) is 1. The number of esters is 1. The monoisotopic (exact) mass is 432 g/mol. The van der Waals surface area contributed by atoms with Crippen LogP contribution in [0, 0.1) is 5.92 Å². The second kappa shape index (κ2) is 14.3. The SMILES string of the molecule is O=C(CC1CC=CCCCC(=O)OCC(c2ccccc2)NC1=O)NCCOCCO. The second-order valence-electron chi connectivity index (χ2n) is 7.34. The molecule has 8 heteroatoms. The molecule has 1 aliphatic heterocycles. The number of carbonyl (C=O) groups is 3. The number of rotatable bonds is 8. The summed E-state index contributed by atoms with van der Waals surface area (Å²) < 4.78 is 10.5. The standard InChI is InChI=1S/C23H32N2O6/c26-13-15-30-14-12-24-21(27)16-19-10-4-1-2-7-11-22(28)31-17-20(25-23(19)29)18-8-5-3-6-9-18/h1,3-6,8-9,19-20,26H,2,7,10-17H2,(H,24,27)(H,25,29). The van der Waals surface area contributed by atoms with E-state index in [0.29, 0.717) is 38.8 Å². The molecule has 3 N–H and O–H groups in total. The van der Waals surface area contributed by atoms with Crippen LogP contribution in [0.25, 0.3) is 0 Å². The van der Waals surface area contributed by atoms with E-state index in [4.69, 9.17) is 14.6 Å². The number of amides is 2. The number of benzene rings is 1. The highest BCUT2D eigenvalue weighted by atomic mass is 16.5. The van der Waals surface area contributed by atoms with Gasteiger partial charge in [0, 0.05) is 19.4 Å². The van der Waals surface area contributed by atoms with Crippen molar-refractivity contribution in [1.29, 1.82) is 0 Å². The Hall–Kier alpha value is -2.71. The molecule has 8 nitrogen and oxygen atoms in total. The number of ether oxygens (including phenoxy) is 2. The molecule has 0 fully saturated rings. The van der Waals surface area contributed by atoms with Crippen LogP contribution in [0.1, 0.15) is 43.7 Å². The van der Waals surface area contributed by atoms with E-state index >= 15 is 0 Å². The van der Waals surface area contributed by atoms with Crippen molar-refractivity contribution >= 4 is 17.8 Å². The number of allylic oxidation sites excluding steroid dienone is 2. The number of aliphatic hydroxyl groups excluding tert-OH is 1. The lowest BCUT2D eigenvalue weighted by Crippen LogP contribution is -2.39. The Morgan fingerprint density at radius 1 is 1.19 bits per heavy atom. The zero-order valence-electron chi connectivity index (χ0n) is 17.8. The van der Waals surface area contributed by atoms with E-state index in [0.717, 1.165) is 5.56 Å². The number of hydrogen-bond donors (Lipinski definition) is 3. The van der Waals surface area contributed by atoms with Crippen molar-refractivity contribution in [3.8, 4) is 0 Å². The van der Waals surface area contributed by atoms with E-state index in [-0.39, 0.29) is 44.0 Å². The highest BCUT2D eigenvalue weighted by molar-refractivity contribution is 5.86. The Morgan fingerprint density at radius 2 is 2.00 bits per heavy atom. The summed E-state index contributed by atoms with van der Waals surface area (Å²) >= 11 is 0. The Bertz CT molecular complexity index is 722. The molecule has 1 aromatic carbocycles. The second-order valence-corrected chi connectivity index (χ2v) is 7.34. The molecule has 0 radical (unpaired) electrons. The molecule has 1 heterocycles. The highest BCUT2D eigenvalue weighted by Gasteiger charge is 2.25. The van der Waals surface area contributed by atoms with Crippen molar-refractivity contribution in [2.45, 2.75) is 38.1 Å². The fourth-order valence-corrected chi connectivity index (χ4v) is 3.20. The van der Waals surface area contributed by atoms with Gasteiger partial charge in [0.2, 0.25) is 11.8 Å². The molecule has 1 aliphatic rings. The average molecular weight is 433 g/mol. The summed E-state index contributed by atoms with van der Waals surface area (Å²) in [6.07, 6.45) is 5.99. The Morgan fingerprint density at radius 3 is 2.77 bits per heavy atom. The summed E-state index contributed by atoms with van der Waals surface area (Å²) in [7, 11) is 0. The lowest BCUT2D eigenvalue weighted by molar-refractivity contribution is -0.145. The van der Waals surface area contributed by atoms with Crippen molar-refractivity contribution in [3.63, 3.8) is 0 Å². The molecule has 0 saturated heterocycles. The van der Waals surface area contributed by atoms with E-state index < -0.39 is 12.0 Å². The number of nitrogens with one attached hydrogen (secondary N) is 2. The first-order chi connectivity index (χ1) is 15.1. The van der Waals surface area contributed by atoms with E-state index in [1.165, 1.54) is 0 Å². The van der Waals surface area contributed by atoms with Crippen molar-refractivity contribution in [1.82, 2.24) is 10.6 Å². The lowest BCUT2D eigenvalue weighted by Gasteiger charge is -2.22. The molecule has 170 valence electrons. The van der Waals surface area contributed by atoms with Gasteiger partial charge in [-0.05, 0) is 24.8 Å². The van der Waals surface area contributed by atoms with E-state index in [1.54, 1.807) is 0 Å². The molecular formula is C23H32N2O6. The maximum atomic E-state index is 13.0. The minimum Gasteiger partial charge on any atom is -0.463 e. The van der Waals surface area contributed by atoms with Gasteiger partial charge in [-0.25, -0.2) is 0 Å². The molecule has 0 aliphatic carbocycles. The van der Waals surface area contributed by atoms with Crippen molar-refractivity contribution in [3.05, 3.63) is 48.0 Å². The van der Waals surface area contributed by atoms with Crippen LogP contribution in [-0.4, -0.2) is 55.9 Å². The summed E-state index contributed by atoms with van der Waals surface area (Å²) in [5, 5.41) is 14.4. The van der Waals surface area contributed by atoms with Gasteiger partial charge >= 0.3 is 5.97 Å². The van der Waals surface area contributed by atoms with Crippen LogP contribution < -0.4 is 10.6 Å². The van der Waals surface area contributed by atoms with Gasteiger partial charge < -0.3 is 25.2 Å². The first kappa shape index (κ1) is 24.6. The van der Waals surface area contributed by atoms with Crippen LogP contribution in [0.4, 0.5) is 0 Å². The predicted octanol–water partition coefficient (Wildman–Crippen LogP) is 1.65. The summed E-state index contributed by atoms with van der Waals surface area (Å²) in [6.45, 7) is 0.802. The minimum atomic E-state index is -0.544. The maximum Gasteiger partial charge on any atom is 0.305 e. The summed E-state index contributed by atoms with van der Waals surface area (Å²) in [4.78, 5) is 37.3. The van der Waals surface area contributed by atoms with Gasteiger partial charge in [0.15, 0.2) is 0 Å². The average Bonchev–Trinajstić information content (AvgIpc) is 2.79. The van der Waals surface area contributed by atoms with Gasteiger partial charge in [-0.1, -0.05) is 42.5 Å². The lowest BCUT2D eigenvalue weighted by atomic mass is 9.97. The van der Waals surface area contributed by atoms with Crippen molar-refractivity contribution in [2.24, 2.45) is 5.92 Å². The maximum absolute atomic E-state index is 13.0. The van der Waals surface area contributed by atoms with Crippen LogP contribution >= 0.6 is 0 Å². The normalized spacial score (nSPS) is 20.5. The molecule has 31 heavy (non-hydrogen) atoms. The van der Waals surface area contributed by atoms with Crippen molar-refractivity contribution < 1.29 is 29.0 Å². The van der Waals surface area contributed by atoms with Gasteiger partial charge in [-0.2, -0.15) is 0 Å². The highest BCUT2D eigenvalue weighted by Crippen LogP contribution is 2.18. The van der Waals surface area contributed by atoms with Crippen LogP contribution in [-0.2, 0) is 23.9 Å². The van der Waals surface area contributed by atoms with Gasteiger partial charge in [0.25, 0.3) is 0 Å². The third-order valence-electron chi connectivity index (χ3n) is 4.88. The van der Waals surface area contributed by atoms with Gasteiger partial charge in [-0.15, -0.1) is 0 Å². The molecule has 2 atom stereocenters. The topological polar surface area (TPSA) is 114 Å². The van der Waals surface area contributed by atoms with Gasteiger partial charge in [0.1, 0.15) is 6.61 Å². The first-order valence-electron chi connectivity index (χ1n) is 10.7. The molecule has 0 aromatic heterocycles. The quantitative estimate of drug-likeness (QED) is 0.327. The smallest absolute Gasteiger partial charge is 0.305 e. The molecule has 2 amide bonds.